The molecule has 6 heteroatoms. The summed E-state index contributed by atoms with van der Waals surface area (Å²) < 4.78 is 40.7. The fourth-order valence-electron chi connectivity index (χ4n) is 2.50. The Labute approximate surface area is 134 Å². The largest absolute Gasteiger partial charge is 0.418 e. The number of hydrogen-bond donors (Lipinski definition) is 0. The normalized spacial score (nSPS) is 11.4. The Bertz CT molecular complexity index is 934. The number of nitriles is 1. The lowest BCUT2D eigenvalue weighted by Gasteiger charge is -2.12. The molecular formula is C17H9F3N2S. The van der Waals surface area contributed by atoms with Crippen molar-refractivity contribution < 1.29 is 13.2 Å². The lowest BCUT2D eigenvalue weighted by atomic mass is 9.97. The van der Waals surface area contributed by atoms with Gasteiger partial charge in [-0.2, -0.15) is 18.4 Å². The maximum Gasteiger partial charge on any atom is 0.418 e. The van der Waals surface area contributed by atoms with E-state index in [0.29, 0.717) is 16.0 Å². The zero-order valence-corrected chi connectivity index (χ0v) is 12.5. The highest BCUT2D eigenvalue weighted by molar-refractivity contribution is 7.20. The van der Waals surface area contributed by atoms with Gasteiger partial charge in [0.25, 0.3) is 0 Å². The average Bonchev–Trinajstić information content (AvgIpc) is 2.91. The number of benzene rings is 1. The van der Waals surface area contributed by atoms with Crippen LogP contribution in [0.5, 0.6) is 0 Å². The monoisotopic (exact) mass is 330 g/mol. The van der Waals surface area contributed by atoms with Crippen LogP contribution in [0.1, 0.15) is 16.0 Å². The van der Waals surface area contributed by atoms with Crippen LogP contribution in [0.2, 0.25) is 0 Å². The summed E-state index contributed by atoms with van der Waals surface area (Å²) in [4.78, 5) is 4.87. The van der Waals surface area contributed by atoms with Crippen LogP contribution < -0.4 is 0 Å². The first-order valence-electron chi connectivity index (χ1n) is 6.58. The molecule has 0 atom stereocenters. The van der Waals surface area contributed by atoms with Gasteiger partial charge in [0.1, 0.15) is 10.9 Å². The third-order valence-electron chi connectivity index (χ3n) is 3.40. The first-order valence-corrected chi connectivity index (χ1v) is 7.39. The molecular weight excluding hydrogens is 321 g/mol. The second kappa shape index (κ2) is 5.52. The van der Waals surface area contributed by atoms with Gasteiger partial charge in [-0.1, -0.05) is 43.0 Å². The van der Waals surface area contributed by atoms with Crippen LogP contribution >= 0.6 is 11.3 Å². The van der Waals surface area contributed by atoms with Gasteiger partial charge in [-0.3, -0.25) is 0 Å². The molecule has 3 rings (SSSR count). The van der Waals surface area contributed by atoms with E-state index >= 15 is 0 Å². The van der Waals surface area contributed by atoms with Crippen LogP contribution in [0.4, 0.5) is 13.2 Å². The van der Waals surface area contributed by atoms with Gasteiger partial charge in [-0.25, -0.2) is 4.98 Å². The highest BCUT2D eigenvalue weighted by Crippen LogP contribution is 2.46. The van der Waals surface area contributed by atoms with Crippen LogP contribution in [-0.4, -0.2) is 4.98 Å². The van der Waals surface area contributed by atoms with E-state index in [4.69, 9.17) is 5.26 Å². The second-order valence-corrected chi connectivity index (χ2v) is 5.78. The lowest BCUT2D eigenvalue weighted by Crippen LogP contribution is -2.09. The number of nitrogens with zero attached hydrogens (tertiary/aromatic N) is 2. The predicted molar refractivity (Wildman–Crippen MR) is 84.9 cm³/mol. The maximum absolute atomic E-state index is 13.6. The highest BCUT2D eigenvalue weighted by Gasteiger charge is 2.38. The van der Waals surface area contributed by atoms with Crippen molar-refractivity contribution in [3.63, 3.8) is 0 Å². The number of halogens is 3. The summed E-state index contributed by atoms with van der Waals surface area (Å²) in [6.45, 7) is 3.68. The molecule has 0 amide bonds. The van der Waals surface area contributed by atoms with Crippen LogP contribution in [0.3, 0.4) is 0 Å². The zero-order valence-electron chi connectivity index (χ0n) is 11.7. The molecule has 2 aromatic heterocycles. The van der Waals surface area contributed by atoms with Crippen LogP contribution in [-0.2, 0) is 6.18 Å². The molecule has 0 aliphatic heterocycles. The van der Waals surface area contributed by atoms with E-state index < -0.39 is 17.3 Å². The molecule has 114 valence electrons. The summed E-state index contributed by atoms with van der Waals surface area (Å²) in [6, 6.07) is 10.3. The standard InChI is InChI=1S/C17H9F3N2S/c1-2-12-13(10-6-4-3-5-7-10)14-15(17(18,19)20)11(8-21)9-22-16(14)23-12/h2-7,9H,1H2. The van der Waals surface area contributed by atoms with Crippen molar-refractivity contribution in [2.24, 2.45) is 0 Å². The maximum atomic E-state index is 13.6. The Hall–Kier alpha value is -2.65. The van der Waals surface area contributed by atoms with E-state index in [1.54, 1.807) is 36.4 Å². The predicted octanol–water partition coefficient (Wildman–Crippen LogP) is 5.50. The molecule has 3 aromatic rings. The Morgan fingerprint density at radius 3 is 2.48 bits per heavy atom. The Balaban J connectivity index is 2.53. The van der Waals surface area contributed by atoms with E-state index in [1.807, 2.05) is 0 Å². The summed E-state index contributed by atoms with van der Waals surface area (Å²) in [6.07, 6.45) is -2.15. The van der Waals surface area contributed by atoms with Gasteiger partial charge in [-0.05, 0) is 5.56 Å². The Morgan fingerprint density at radius 2 is 1.91 bits per heavy atom. The van der Waals surface area contributed by atoms with E-state index in [1.165, 1.54) is 6.08 Å². The molecule has 23 heavy (non-hydrogen) atoms. The van der Waals surface area contributed by atoms with E-state index in [0.717, 1.165) is 17.5 Å². The molecule has 0 N–H and O–H groups in total. The molecule has 0 aliphatic rings. The molecule has 0 spiro atoms. The second-order valence-electron chi connectivity index (χ2n) is 4.75. The summed E-state index contributed by atoms with van der Waals surface area (Å²) in [5.74, 6) is 0. The number of fused-ring (bicyclic) bond motifs is 1. The molecule has 2 heterocycles. The summed E-state index contributed by atoms with van der Waals surface area (Å²) in [5.41, 5.74) is -0.364. The minimum Gasteiger partial charge on any atom is -0.244 e. The van der Waals surface area contributed by atoms with Crippen LogP contribution in [0, 0.1) is 11.3 Å². The first kappa shape index (κ1) is 15.3. The molecule has 0 bridgehead atoms. The molecule has 0 unspecified atom stereocenters. The van der Waals surface area contributed by atoms with Crippen molar-refractivity contribution in [2.45, 2.75) is 6.18 Å². The van der Waals surface area contributed by atoms with Crippen molar-refractivity contribution in [3.8, 4) is 17.2 Å². The molecule has 0 saturated heterocycles. The number of aromatic nitrogens is 1. The lowest BCUT2D eigenvalue weighted by molar-refractivity contribution is -0.136. The van der Waals surface area contributed by atoms with Crippen LogP contribution in [0.15, 0.2) is 43.1 Å². The van der Waals surface area contributed by atoms with Gasteiger partial charge in [0, 0.05) is 22.0 Å². The summed E-state index contributed by atoms with van der Waals surface area (Å²) >= 11 is 1.13. The SMILES string of the molecule is C=Cc1sc2ncc(C#N)c(C(F)(F)F)c2c1-c1ccccc1. The molecule has 0 fully saturated rings. The molecule has 1 aromatic carbocycles. The third-order valence-corrected chi connectivity index (χ3v) is 4.49. The fourth-order valence-corrected chi connectivity index (χ4v) is 3.52. The minimum absolute atomic E-state index is 0.0392. The average molecular weight is 330 g/mol. The number of alkyl halides is 3. The molecule has 0 aliphatic carbocycles. The zero-order chi connectivity index (χ0) is 16.6. The van der Waals surface area contributed by atoms with E-state index in [-0.39, 0.29) is 10.2 Å². The van der Waals surface area contributed by atoms with Gasteiger partial charge >= 0.3 is 6.18 Å². The van der Waals surface area contributed by atoms with Crippen molar-refractivity contribution in [2.75, 3.05) is 0 Å². The summed E-state index contributed by atoms with van der Waals surface area (Å²) in [5, 5.41) is 9.02. The number of pyridine rings is 1. The smallest absolute Gasteiger partial charge is 0.244 e. The fraction of sp³-hybridized carbons (Fsp3) is 0.0588. The van der Waals surface area contributed by atoms with Gasteiger partial charge in [0.15, 0.2) is 0 Å². The van der Waals surface area contributed by atoms with Crippen molar-refractivity contribution in [1.82, 2.24) is 4.98 Å². The van der Waals surface area contributed by atoms with Crippen molar-refractivity contribution in [3.05, 3.63) is 59.1 Å². The van der Waals surface area contributed by atoms with Crippen molar-refractivity contribution in [1.29, 1.82) is 5.26 Å². The summed E-state index contributed by atoms with van der Waals surface area (Å²) in [7, 11) is 0. The van der Waals surface area contributed by atoms with E-state index in [2.05, 4.69) is 11.6 Å². The molecule has 2 nitrogen and oxygen atoms in total. The van der Waals surface area contributed by atoms with E-state index in [9.17, 15) is 13.2 Å². The number of thiophene rings is 1. The minimum atomic E-state index is -4.64. The van der Waals surface area contributed by atoms with Crippen molar-refractivity contribution >= 4 is 27.6 Å². The Kier molecular flexibility index (Phi) is 3.66. The quantitative estimate of drug-likeness (QED) is 0.622. The van der Waals surface area contributed by atoms with Gasteiger partial charge in [-0.15, -0.1) is 11.3 Å². The topological polar surface area (TPSA) is 36.7 Å². The molecule has 0 saturated carbocycles. The van der Waals surface area contributed by atoms with Gasteiger partial charge < -0.3 is 0 Å². The number of rotatable bonds is 2. The highest BCUT2D eigenvalue weighted by atomic mass is 32.1. The first-order chi connectivity index (χ1) is 11.0. The Morgan fingerprint density at radius 1 is 1.22 bits per heavy atom. The van der Waals surface area contributed by atoms with Crippen LogP contribution in [0.25, 0.3) is 27.4 Å². The molecule has 0 radical (unpaired) electrons. The number of hydrogen-bond acceptors (Lipinski definition) is 3. The van der Waals surface area contributed by atoms with Gasteiger partial charge in [0.2, 0.25) is 0 Å². The van der Waals surface area contributed by atoms with Gasteiger partial charge in [0.05, 0.1) is 11.1 Å². The third kappa shape index (κ3) is 2.49.